The summed E-state index contributed by atoms with van der Waals surface area (Å²) in [5.41, 5.74) is 4.23. The van der Waals surface area contributed by atoms with Crippen LogP contribution in [-0.2, 0) is 16.0 Å². The maximum Gasteiger partial charge on any atom is 0.339 e. The van der Waals surface area contributed by atoms with Crippen LogP contribution in [0.15, 0.2) is 41.8 Å². The van der Waals surface area contributed by atoms with E-state index in [1.807, 2.05) is 30.3 Å². The summed E-state index contributed by atoms with van der Waals surface area (Å²) < 4.78 is 5.72. The van der Waals surface area contributed by atoms with Gasteiger partial charge in [-0.2, -0.15) is 0 Å². The Kier molecular flexibility index (Phi) is 6.77. The average Bonchev–Trinajstić information content (AvgIpc) is 3.52. The van der Waals surface area contributed by atoms with Crippen molar-refractivity contribution in [2.24, 2.45) is 5.92 Å². The molecule has 3 aromatic rings. The van der Waals surface area contributed by atoms with Crippen molar-refractivity contribution in [3.63, 3.8) is 0 Å². The molecule has 2 aromatic heterocycles. The van der Waals surface area contributed by atoms with Crippen molar-refractivity contribution >= 4 is 45.8 Å². The Labute approximate surface area is 204 Å². The number of fused-ring (bicyclic) bond motifs is 2. The maximum atomic E-state index is 13.4. The van der Waals surface area contributed by atoms with Crippen LogP contribution in [0.4, 0.5) is 0 Å². The third kappa shape index (κ3) is 4.78. The Bertz CT molecular complexity index is 1230. The number of para-hydroxylation sites is 1. The van der Waals surface area contributed by atoms with Gasteiger partial charge in [-0.25, -0.2) is 9.78 Å². The zero-order chi connectivity index (χ0) is 23.5. The largest absolute Gasteiger partial charge is 0.449 e. The number of rotatable bonds is 6. The summed E-state index contributed by atoms with van der Waals surface area (Å²) in [4.78, 5) is 32.2. The van der Waals surface area contributed by atoms with E-state index in [4.69, 9.17) is 9.72 Å². The fourth-order valence-electron chi connectivity index (χ4n) is 5.11. The number of amides is 1. The lowest BCUT2D eigenvalue weighted by Gasteiger charge is -2.23. The molecule has 2 aliphatic rings. The van der Waals surface area contributed by atoms with Crippen molar-refractivity contribution in [2.45, 2.75) is 58.0 Å². The zero-order valence-corrected chi connectivity index (χ0v) is 20.3. The first kappa shape index (κ1) is 22.8. The topological polar surface area (TPSA) is 68.3 Å². The summed E-state index contributed by atoms with van der Waals surface area (Å²) in [5, 5.41) is 5.83. The molecule has 2 aliphatic carbocycles. The molecule has 0 saturated heterocycles. The summed E-state index contributed by atoms with van der Waals surface area (Å²) in [7, 11) is 0. The number of nitrogens with zero attached hydrogens (tertiary/aromatic N) is 1. The number of carbonyl (C=O) groups is 2. The molecule has 6 heteroatoms. The van der Waals surface area contributed by atoms with Crippen molar-refractivity contribution in [2.75, 3.05) is 6.54 Å². The molecule has 2 heterocycles. The van der Waals surface area contributed by atoms with Gasteiger partial charge in [-0.15, -0.1) is 11.3 Å². The summed E-state index contributed by atoms with van der Waals surface area (Å²) >= 11 is 1.68. The van der Waals surface area contributed by atoms with Crippen molar-refractivity contribution in [1.82, 2.24) is 10.3 Å². The van der Waals surface area contributed by atoms with E-state index in [2.05, 4.69) is 22.8 Å². The summed E-state index contributed by atoms with van der Waals surface area (Å²) in [6.07, 6.45) is 8.94. The Morgan fingerprint density at radius 2 is 1.97 bits per heavy atom. The van der Waals surface area contributed by atoms with Crippen LogP contribution in [0.2, 0.25) is 0 Å². The van der Waals surface area contributed by atoms with Crippen molar-refractivity contribution in [3.05, 3.63) is 63.5 Å². The fourth-order valence-corrected chi connectivity index (χ4v) is 5.79. The molecular formula is C28H30N2O3S. The Morgan fingerprint density at radius 3 is 2.76 bits per heavy atom. The lowest BCUT2D eigenvalue weighted by molar-refractivity contribution is -0.129. The van der Waals surface area contributed by atoms with Gasteiger partial charge in [-0.1, -0.05) is 43.5 Å². The Hall–Kier alpha value is -2.99. The van der Waals surface area contributed by atoms with Gasteiger partial charge in [-0.3, -0.25) is 4.79 Å². The van der Waals surface area contributed by atoms with Crippen LogP contribution in [0.25, 0.3) is 22.6 Å². The number of pyridine rings is 1. The van der Waals surface area contributed by atoms with Gasteiger partial charge in [0.1, 0.15) is 0 Å². The molecule has 1 amide bonds. The molecule has 1 N–H and O–H groups in total. The number of hydrogen-bond donors (Lipinski definition) is 1. The molecule has 1 saturated carbocycles. The Morgan fingerprint density at radius 1 is 1.15 bits per heavy atom. The van der Waals surface area contributed by atoms with Gasteiger partial charge in [0, 0.05) is 16.8 Å². The van der Waals surface area contributed by atoms with E-state index in [1.54, 1.807) is 18.3 Å². The molecule has 5 rings (SSSR count). The molecule has 34 heavy (non-hydrogen) atoms. The van der Waals surface area contributed by atoms with E-state index in [-0.39, 0.29) is 5.91 Å². The smallest absolute Gasteiger partial charge is 0.339 e. The summed E-state index contributed by atoms with van der Waals surface area (Å²) in [6, 6.07) is 11.8. The van der Waals surface area contributed by atoms with Crippen LogP contribution < -0.4 is 5.32 Å². The second-order valence-electron chi connectivity index (χ2n) is 9.31. The lowest BCUT2D eigenvalue weighted by atomic mass is 9.89. The predicted molar refractivity (Wildman–Crippen MR) is 137 cm³/mol. The number of ether oxygens (including phenoxy) is 1. The average molecular weight is 475 g/mol. The van der Waals surface area contributed by atoms with E-state index in [1.165, 1.54) is 24.1 Å². The van der Waals surface area contributed by atoms with Crippen LogP contribution in [-0.4, -0.2) is 29.5 Å². The minimum atomic E-state index is -0.846. The van der Waals surface area contributed by atoms with Crippen LogP contribution >= 0.6 is 11.3 Å². The molecule has 0 aliphatic heterocycles. The number of aromatic nitrogens is 1. The second-order valence-corrected chi connectivity index (χ2v) is 10.3. The third-order valence-corrected chi connectivity index (χ3v) is 7.77. The molecule has 1 aromatic carbocycles. The number of allylic oxidation sites excluding steroid dienone is 1. The van der Waals surface area contributed by atoms with Gasteiger partial charge >= 0.3 is 5.97 Å². The van der Waals surface area contributed by atoms with Crippen LogP contribution in [0, 0.1) is 5.92 Å². The number of thiophene rings is 1. The lowest BCUT2D eigenvalue weighted by Crippen LogP contribution is -2.38. The zero-order valence-electron chi connectivity index (χ0n) is 19.5. The molecular weight excluding hydrogens is 444 g/mol. The first-order valence-electron chi connectivity index (χ1n) is 12.2. The highest BCUT2D eigenvalue weighted by Crippen LogP contribution is 2.38. The predicted octanol–water partition coefficient (Wildman–Crippen LogP) is 6.02. The third-order valence-electron chi connectivity index (χ3n) is 6.95. The van der Waals surface area contributed by atoms with E-state index >= 15 is 0 Å². The summed E-state index contributed by atoms with van der Waals surface area (Å²) in [5.74, 6) is -0.152. The van der Waals surface area contributed by atoms with Crippen LogP contribution in [0.1, 0.15) is 71.9 Å². The van der Waals surface area contributed by atoms with Gasteiger partial charge in [0.05, 0.1) is 16.8 Å². The highest BCUT2D eigenvalue weighted by molar-refractivity contribution is 7.10. The SMILES string of the molecule is C[C@@H](OC(=O)c1c2c(nc3ccccc13)/C(=C\c1cccs1)CC2)C(=O)NCC1CCCCC1. The minimum Gasteiger partial charge on any atom is -0.449 e. The van der Waals surface area contributed by atoms with Crippen LogP contribution in [0.5, 0.6) is 0 Å². The van der Waals surface area contributed by atoms with Crippen molar-refractivity contribution in [3.8, 4) is 0 Å². The quantitative estimate of drug-likeness (QED) is 0.443. The molecule has 0 spiro atoms. The number of hydrogen-bond acceptors (Lipinski definition) is 5. The van der Waals surface area contributed by atoms with Gasteiger partial charge in [0.15, 0.2) is 6.10 Å². The van der Waals surface area contributed by atoms with E-state index in [0.29, 0.717) is 18.0 Å². The van der Waals surface area contributed by atoms with Gasteiger partial charge < -0.3 is 10.1 Å². The highest BCUT2D eigenvalue weighted by Gasteiger charge is 2.29. The standard InChI is InChI=1S/C28H30N2O3S/c1-18(27(31)29-17-19-8-3-2-4-9-19)33-28(32)25-22-11-5-6-12-24(22)30-26-20(13-14-23(25)26)16-21-10-7-15-34-21/h5-7,10-12,15-16,18-19H,2-4,8-9,13-14,17H2,1H3,(H,29,31)/b20-16-/t18-/m1/s1. The first-order chi connectivity index (χ1) is 16.6. The first-order valence-corrected chi connectivity index (χ1v) is 13.1. The molecule has 1 atom stereocenters. The molecule has 0 unspecified atom stereocenters. The molecule has 1 fully saturated rings. The number of carbonyl (C=O) groups excluding carboxylic acids is 2. The second kappa shape index (κ2) is 10.1. The normalized spacial score (nSPS) is 18.1. The Balaban J connectivity index is 1.38. The van der Waals surface area contributed by atoms with Crippen molar-refractivity contribution < 1.29 is 14.3 Å². The molecule has 5 nitrogen and oxygen atoms in total. The van der Waals surface area contributed by atoms with Gasteiger partial charge in [0.2, 0.25) is 0 Å². The molecule has 176 valence electrons. The monoisotopic (exact) mass is 474 g/mol. The fraction of sp³-hybridized carbons (Fsp3) is 0.393. The molecule has 0 bridgehead atoms. The molecule has 0 radical (unpaired) electrons. The van der Waals surface area contributed by atoms with E-state index < -0.39 is 12.1 Å². The number of nitrogens with one attached hydrogen (secondary N) is 1. The minimum absolute atomic E-state index is 0.229. The van der Waals surface area contributed by atoms with E-state index in [9.17, 15) is 9.59 Å². The van der Waals surface area contributed by atoms with Gasteiger partial charge in [0.25, 0.3) is 5.91 Å². The summed E-state index contributed by atoms with van der Waals surface area (Å²) in [6.45, 7) is 2.31. The number of esters is 1. The van der Waals surface area contributed by atoms with Crippen LogP contribution in [0.3, 0.4) is 0 Å². The highest BCUT2D eigenvalue weighted by atomic mass is 32.1. The van der Waals surface area contributed by atoms with Gasteiger partial charge in [-0.05, 0) is 73.3 Å². The van der Waals surface area contributed by atoms with E-state index in [0.717, 1.165) is 53.4 Å². The maximum absolute atomic E-state index is 13.4. The number of benzene rings is 1. The van der Waals surface area contributed by atoms with Crippen molar-refractivity contribution in [1.29, 1.82) is 0 Å².